The number of nitrogens with zero attached hydrogens (tertiary/aromatic N) is 1. The quantitative estimate of drug-likeness (QED) is 0.533. The standard InChI is InChI=1S/C19H27N3O5S/c1-5-7-20-18(23)19(24)21-12-16-22(8-6-9-27-16)28(25,26)17-14(3)10-13(2)11-15(17)4/h5,10-11,16H,1,6-9,12H2,2-4H3,(H,20,23)(H,21,24)/t16-/m1/s1. The average Bonchev–Trinajstić information content (AvgIpc) is 2.63. The van der Waals surface area contributed by atoms with Crippen LogP contribution in [0.15, 0.2) is 29.7 Å². The van der Waals surface area contributed by atoms with Crippen molar-refractivity contribution in [3.63, 3.8) is 0 Å². The van der Waals surface area contributed by atoms with Crippen LogP contribution >= 0.6 is 0 Å². The lowest BCUT2D eigenvalue weighted by Gasteiger charge is -2.35. The van der Waals surface area contributed by atoms with Crippen LogP contribution in [0.2, 0.25) is 0 Å². The van der Waals surface area contributed by atoms with Crippen molar-refractivity contribution in [2.75, 3.05) is 26.2 Å². The zero-order valence-electron chi connectivity index (χ0n) is 16.4. The fourth-order valence-corrected chi connectivity index (χ4v) is 5.28. The van der Waals surface area contributed by atoms with Gasteiger partial charge in [0.05, 0.1) is 18.0 Å². The Bertz CT molecular complexity index is 843. The highest BCUT2D eigenvalue weighted by molar-refractivity contribution is 7.89. The summed E-state index contributed by atoms with van der Waals surface area (Å²) in [5, 5.41) is 4.80. The molecule has 2 N–H and O–H groups in total. The van der Waals surface area contributed by atoms with E-state index < -0.39 is 28.1 Å². The summed E-state index contributed by atoms with van der Waals surface area (Å²) >= 11 is 0. The predicted molar refractivity (Wildman–Crippen MR) is 105 cm³/mol. The topological polar surface area (TPSA) is 105 Å². The van der Waals surface area contributed by atoms with Gasteiger partial charge in [0.1, 0.15) is 6.23 Å². The number of hydrogen-bond acceptors (Lipinski definition) is 5. The van der Waals surface area contributed by atoms with E-state index in [-0.39, 0.29) is 24.5 Å². The van der Waals surface area contributed by atoms with Crippen molar-refractivity contribution >= 4 is 21.8 Å². The normalized spacial score (nSPS) is 17.8. The Morgan fingerprint density at radius 2 is 1.82 bits per heavy atom. The van der Waals surface area contributed by atoms with E-state index in [1.165, 1.54) is 10.4 Å². The van der Waals surface area contributed by atoms with Crippen molar-refractivity contribution in [1.82, 2.24) is 14.9 Å². The molecule has 9 heteroatoms. The van der Waals surface area contributed by atoms with Gasteiger partial charge in [0.2, 0.25) is 10.0 Å². The number of benzene rings is 1. The molecule has 1 fully saturated rings. The molecule has 1 aromatic rings. The molecule has 0 aliphatic carbocycles. The number of ether oxygens (including phenoxy) is 1. The molecule has 2 amide bonds. The summed E-state index contributed by atoms with van der Waals surface area (Å²) in [5.41, 5.74) is 2.31. The van der Waals surface area contributed by atoms with Gasteiger partial charge in [-0.3, -0.25) is 9.59 Å². The van der Waals surface area contributed by atoms with Gasteiger partial charge in [0, 0.05) is 13.1 Å². The Labute approximate surface area is 166 Å². The zero-order chi connectivity index (χ0) is 20.9. The lowest BCUT2D eigenvalue weighted by molar-refractivity contribution is -0.140. The lowest BCUT2D eigenvalue weighted by atomic mass is 10.1. The lowest BCUT2D eigenvalue weighted by Crippen LogP contribution is -2.53. The fourth-order valence-electron chi connectivity index (χ4n) is 3.30. The maximum absolute atomic E-state index is 13.3. The second-order valence-electron chi connectivity index (χ2n) is 6.73. The molecule has 0 aromatic heterocycles. The van der Waals surface area contributed by atoms with Crippen LogP contribution in [0.1, 0.15) is 23.1 Å². The van der Waals surface area contributed by atoms with Gasteiger partial charge in [-0.1, -0.05) is 23.8 Å². The summed E-state index contributed by atoms with van der Waals surface area (Å²) in [5.74, 6) is -1.66. The molecular formula is C19H27N3O5S. The summed E-state index contributed by atoms with van der Waals surface area (Å²) in [6.45, 7) is 9.59. The van der Waals surface area contributed by atoms with Gasteiger partial charge < -0.3 is 15.4 Å². The van der Waals surface area contributed by atoms with Crippen molar-refractivity contribution in [2.45, 2.75) is 38.3 Å². The summed E-state index contributed by atoms with van der Waals surface area (Å²) in [7, 11) is -3.83. The largest absolute Gasteiger partial charge is 0.360 e. The van der Waals surface area contributed by atoms with E-state index in [4.69, 9.17) is 4.74 Å². The van der Waals surface area contributed by atoms with Crippen molar-refractivity contribution in [3.05, 3.63) is 41.5 Å². The molecule has 154 valence electrons. The third kappa shape index (κ3) is 4.98. The molecule has 1 aliphatic heterocycles. The van der Waals surface area contributed by atoms with E-state index in [9.17, 15) is 18.0 Å². The Morgan fingerprint density at radius 1 is 1.21 bits per heavy atom. The summed E-state index contributed by atoms with van der Waals surface area (Å²) in [6.07, 6.45) is 1.12. The van der Waals surface area contributed by atoms with Crippen LogP contribution in [0.4, 0.5) is 0 Å². The monoisotopic (exact) mass is 409 g/mol. The van der Waals surface area contributed by atoms with Crippen LogP contribution in [-0.4, -0.2) is 57.0 Å². The third-order valence-electron chi connectivity index (χ3n) is 4.38. The number of rotatable bonds is 6. The van der Waals surface area contributed by atoms with Gasteiger partial charge in [-0.05, 0) is 38.3 Å². The van der Waals surface area contributed by atoms with Crippen molar-refractivity contribution in [3.8, 4) is 0 Å². The second-order valence-corrected chi connectivity index (χ2v) is 8.56. The van der Waals surface area contributed by atoms with Gasteiger partial charge in [-0.15, -0.1) is 6.58 Å². The molecule has 0 saturated carbocycles. The summed E-state index contributed by atoms with van der Waals surface area (Å²) in [6, 6.07) is 3.65. The number of carbonyl (C=O) groups is 2. The molecule has 1 heterocycles. The van der Waals surface area contributed by atoms with E-state index in [0.717, 1.165) is 5.56 Å². The molecule has 8 nitrogen and oxygen atoms in total. The first kappa shape index (κ1) is 22.1. The maximum atomic E-state index is 13.3. The van der Waals surface area contributed by atoms with Crippen molar-refractivity contribution in [2.24, 2.45) is 0 Å². The molecule has 0 spiro atoms. The minimum Gasteiger partial charge on any atom is -0.360 e. The molecule has 0 bridgehead atoms. The highest BCUT2D eigenvalue weighted by Gasteiger charge is 2.36. The molecule has 2 rings (SSSR count). The Hall–Kier alpha value is -2.23. The van der Waals surface area contributed by atoms with Crippen LogP contribution in [0.3, 0.4) is 0 Å². The molecule has 1 aromatic carbocycles. The SMILES string of the molecule is C=CCNC(=O)C(=O)NC[C@H]1OCCCN1S(=O)(=O)c1c(C)cc(C)cc1C. The molecule has 1 aliphatic rings. The van der Waals surface area contributed by atoms with E-state index in [1.54, 1.807) is 13.8 Å². The molecule has 0 unspecified atom stereocenters. The van der Waals surface area contributed by atoms with Crippen molar-refractivity contribution in [1.29, 1.82) is 0 Å². The molecule has 1 atom stereocenters. The molecule has 28 heavy (non-hydrogen) atoms. The first-order valence-electron chi connectivity index (χ1n) is 9.06. The van der Waals surface area contributed by atoms with Gasteiger partial charge in [-0.25, -0.2) is 8.42 Å². The smallest absolute Gasteiger partial charge is 0.309 e. The number of amides is 2. The number of nitrogens with one attached hydrogen (secondary N) is 2. The summed E-state index contributed by atoms with van der Waals surface area (Å²) < 4.78 is 33.5. The van der Waals surface area contributed by atoms with Crippen LogP contribution in [0.5, 0.6) is 0 Å². The second kappa shape index (κ2) is 9.31. The number of aryl methyl sites for hydroxylation is 3. The van der Waals surface area contributed by atoms with Crippen LogP contribution in [0.25, 0.3) is 0 Å². The Morgan fingerprint density at radius 3 is 2.43 bits per heavy atom. The van der Waals surface area contributed by atoms with E-state index in [2.05, 4.69) is 17.2 Å². The van der Waals surface area contributed by atoms with Gasteiger partial charge in [0.15, 0.2) is 0 Å². The predicted octanol–water partition coefficient (Wildman–Crippen LogP) is 0.767. The van der Waals surface area contributed by atoms with E-state index in [1.807, 2.05) is 19.1 Å². The Kier molecular flexibility index (Phi) is 7.34. The molecule has 1 saturated heterocycles. The van der Waals surface area contributed by atoms with Gasteiger partial charge in [0.25, 0.3) is 0 Å². The highest BCUT2D eigenvalue weighted by Crippen LogP contribution is 2.28. The van der Waals surface area contributed by atoms with Gasteiger partial charge >= 0.3 is 11.8 Å². The number of carbonyl (C=O) groups excluding carboxylic acids is 2. The van der Waals surface area contributed by atoms with E-state index in [0.29, 0.717) is 24.2 Å². The molecular weight excluding hydrogens is 382 g/mol. The number of hydrogen-bond donors (Lipinski definition) is 2. The first-order valence-corrected chi connectivity index (χ1v) is 10.5. The first-order chi connectivity index (χ1) is 13.2. The third-order valence-corrected chi connectivity index (χ3v) is 6.57. The van der Waals surface area contributed by atoms with Crippen LogP contribution in [0, 0.1) is 20.8 Å². The summed E-state index contributed by atoms with van der Waals surface area (Å²) in [4.78, 5) is 23.8. The minimum absolute atomic E-state index is 0.121. The zero-order valence-corrected chi connectivity index (χ0v) is 17.3. The van der Waals surface area contributed by atoms with E-state index >= 15 is 0 Å². The minimum atomic E-state index is -3.83. The van der Waals surface area contributed by atoms with Crippen LogP contribution in [-0.2, 0) is 24.3 Å². The van der Waals surface area contributed by atoms with Crippen LogP contribution < -0.4 is 10.6 Å². The fraction of sp³-hybridized carbons (Fsp3) is 0.474. The average molecular weight is 410 g/mol. The van der Waals surface area contributed by atoms with Gasteiger partial charge in [-0.2, -0.15) is 4.31 Å². The maximum Gasteiger partial charge on any atom is 0.309 e. The highest BCUT2D eigenvalue weighted by atomic mass is 32.2. The number of sulfonamides is 1. The molecule has 0 radical (unpaired) electrons. The Balaban J connectivity index is 2.19. The van der Waals surface area contributed by atoms with Crippen molar-refractivity contribution < 1.29 is 22.7 Å².